The van der Waals surface area contributed by atoms with Crippen LogP contribution in [0.5, 0.6) is 0 Å². The second-order valence-corrected chi connectivity index (χ2v) is 6.10. The van der Waals surface area contributed by atoms with Crippen molar-refractivity contribution < 1.29 is 9.53 Å². The van der Waals surface area contributed by atoms with E-state index in [4.69, 9.17) is 4.74 Å². The second kappa shape index (κ2) is 7.57. The first-order valence-electron chi connectivity index (χ1n) is 7.70. The van der Waals surface area contributed by atoms with Gasteiger partial charge in [0.05, 0.1) is 13.2 Å². The highest BCUT2D eigenvalue weighted by Gasteiger charge is 2.18. The zero-order valence-electron chi connectivity index (χ0n) is 13.2. The maximum absolute atomic E-state index is 12.0. The van der Waals surface area contributed by atoms with Crippen molar-refractivity contribution in [2.75, 3.05) is 19.8 Å². The molecule has 2 atom stereocenters. The highest BCUT2D eigenvalue weighted by Crippen LogP contribution is 2.11. The number of ether oxygens (including phenoxy) is 1. The van der Waals surface area contributed by atoms with Gasteiger partial charge in [0.15, 0.2) is 0 Å². The van der Waals surface area contributed by atoms with E-state index in [0.29, 0.717) is 13.0 Å². The van der Waals surface area contributed by atoms with Gasteiger partial charge in [0.1, 0.15) is 0 Å². The molecule has 21 heavy (non-hydrogen) atoms. The lowest BCUT2D eigenvalue weighted by molar-refractivity contribution is -0.122. The van der Waals surface area contributed by atoms with E-state index in [1.807, 2.05) is 0 Å². The third-order valence-electron chi connectivity index (χ3n) is 3.66. The first-order valence-corrected chi connectivity index (χ1v) is 7.70. The van der Waals surface area contributed by atoms with Crippen LogP contribution in [0.4, 0.5) is 0 Å². The highest BCUT2D eigenvalue weighted by molar-refractivity contribution is 5.76. The summed E-state index contributed by atoms with van der Waals surface area (Å²) >= 11 is 0. The van der Waals surface area contributed by atoms with Crippen molar-refractivity contribution in [3.05, 3.63) is 34.9 Å². The zero-order chi connectivity index (χ0) is 15.2. The number of benzene rings is 1. The van der Waals surface area contributed by atoms with Gasteiger partial charge in [0.2, 0.25) is 5.91 Å². The topological polar surface area (TPSA) is 50.4 Å². The molecule has 2 unspecified atom stereocenters. The Morgan fingerprint density at radius 3 is 2.71 bits per heavy atom. The molecule has 1 aromatic carbocycles. The van der Waals surface area contributed by atoms with Crippen molar-refractivity contribution in [3.8, 4) is 0 Å². The first kappa shape index (κ1) is 16.0. The van der Waals surface area contributed by atoms with Crippen LogP contribution in [0.2, 0.25) is 0 Å². The fraction of sp³-hybridized carbons (Fsp3) is 0.588. The number of hydrogen-bond donors (Lipinski definition) is 2. The normalized spacial score (nSPS) is 20.0. The number of nitrogens with one attached hydrogen (secondary N) is 2. The van der Waals surface area contributed by atoms with E-state index in [2.05, 4.69) is 49.6 Å². The van der Waals surface area contributed by atoms with Crippen molar-refractivity contribution >= 4 is 5.91 Å². The van der Waals surface area contributed by atoms with Gasteiger partial charge in [0.25, 0.3) is 0 Å². The molecule has 1 fully saturated rings. The predicted molar refractivity (Wildman–Crippen MR) is 84.5 cm³/mol. The summed E-state index contributed by atoms with van der Waals surface area (Å²) in [7, 11) is 0. The molecule has 1 heterocycles. The van der Waals surface area contributed by atoms with Gasteiger partial charge in [-0.15, -0.1) is 0 Å². The summed E-state index contributed by atoms with van der Waals surface area (Å²) in [6, 6.07) is 6.83. The quantitative estimate of drug-likeness (QED) is 0.868. The van der Waals surface area contributed by atoms with Crippen LogP contribution in [-0.2, 0) is 16.0 Å². The summed E-state index contributed by atoms with van der Waals surface area (Å²) in [6.45, 7) is 8.46. The van der Waals surface area contributed by atoms with E-state index < -0.39 is 0 Å². The van der Waals surface area contributed by atoms with Crippen molar-refractivity contribution in [1.29, 1.82) is 0 Å². The zero-order valence-corrected chi connectivity index (χ0v) is 13.2. The number of rotatable bonds is 5. The number of aryl methyl sites for hydroxylation is 2. The minimum atomic E-state index is 0.0925. The van der Waals surface area contributed by atoms with Crippen LogP contribution >= 0.6 is 0 Å². The van der Waals surface area contributed by atoms with Gasteiger partial charge in [-0.3, -0.25) is 4.79 Å². The van der Waals surface area contributed by atoms with Gasteiger partial charge in [-0.2, -0.15) is 0 Å². The van der Waals surface area contributed by atoms with Gasteiger partial charge in [-0.05, 0) is 32.8 Å². The van der Waals surface area contributed by atoms with E-state index in [9.17, 15) is 4.79 Å². The van der Waals surface area contributed by atoms with Gasteiger partial charge >= 0.3 is 0 Å². The van der Waals surface area contributed by atoms with Crippen LogP contribution in [0.25, 0.3) is 0 Å². The number of carbonyl (C=O) groups is 1. The molecule has 0 saturated carbocycles. The third-order valence-corrected chi connectivity index (χ3v) is 3.66. The first-order chi connectivity index (χ1) is 10.0. The Hall–Kier alpha value is -1.39. The molecule has 0 bridgehead atoms. The van der Waals surface area contributed by atoms with Crippen molar-refractivity contribution in [3.63, 3.8) is 0 Å². The number of carbonyl (C=O) groups excluding carboxylic acids is 1. The minimum absolute atomic E-state index is 0.0925. The molecule has 1 aromatic rings. The minimum Gasteiger partial charge on any atom is -0.378 e. The Bertz CT molecular complexity index is 461. The predicted octanol–water partition coefficient (Wildman–Crippen LogP) is 1.73. The molecule has 4 nitrogen and oxygen atoms in total. The molecule has 0 aromatic heterocycles. The average molecular weight is 290 g/mol. The van der Waals surface area contributed by atoms with E-state index in [-0.39, 0.29) is 18.0 Å². The van der Waals surface area contributed by atoms with Crippen molar-refractivity contribution in [1.82, 2.24) is 10.6 Å². The maximum Gasteiger partial charge on any atom is 0.221 e. The molecule has 1 saturated heterocycles. The van der Waals surface area contributed by atoms with Crippen LogP contribution in [0, 0.1) is 13.8 Å². The van der Waals surface area contributed by atoms with Crippen LogP contribution in [0.3, 0.4) is 0 Å². The SMILES string of the molecule is Cc1cc(C)cc(CC(C)NC(=O)CC2COCCN2)c1. The van der Waals surface area contributed by atoms with E-state index in [1.54, 1.807) is 0 Å². The van der Waals surface area contributed by atoms with Gasteiger partial charge < -0.3 is 15.4 Å². The molecule has 2 N–H and O–H groups in total. The summed E-state index contributed by atoms with van der Waals surface area (Å²) in [5.41, 5.74) is 3.82. The molecule has 1 aliphatic rings. The Morgan fingerprint density at radius 2 is 2.10 bits per heavy atom. The van der Waals surface area contributed by atoms with Crippen LogP contribution in [-0.4, -0.2) is 37.7 Å². The fourth-order valence-corrected chi connectivity index (χ4v) is 2.90. The maximum atomic E-state index is 12.0. The van der Waals surface area contributed by atoms with Crippen LogP contribution < -0.4 is 10.6 Å². The van der Waals surface area contributed by atoms with Crippen LogP contribution in [0.1, 0.15) is 30.0 Å². The van der Waals surface area contributed by atoms with Crippen molar-refractivity contribution in [2.24, 2.45) is 0 Å². The number of morpholine rings is 1. The summed E-state index contributed by atoms with van der Waals surface area (Å²) in [4.78, 5) is 12.0. The summed E-state index contributed by atoms with van der Waals surface area (Å²) in [6.07, 6.45) is 1.35. The standard InChI is InChI=1S/C17H26N2O2/c1-12-6-13(2)8-15(7-12)9-14(3)19-17(20)10-16-11-21-5-4-18-16/h6-8,14,16,18H,4-5,9-11H2,1-3H3,(H,19,20). The van der Waals surface area contributed by atoms with Crippen molar-refractivity contribution in [2.45, 2.75) is 45.7 Å². The molecular formula is C17H26N2O2. The molecule has 0 spiro atoms. The Labute approximate surface area is 127 Å². The molecule has 0 radical (unpaired) electrons. The molecule has 1 amide bonds. The molecule has 1 aliphatic heterocycles. The molecule has 0 aliphatic carbocycles. The summed E-state index contributed by atoms with van der Waals surface area (Å²) in [5.74, 6) is 0.0925. The second-order valence-electron chi connectivity index (χ2n) is 6.10. The smallest absolute Gasteiger partial charge is 0.221 e. The monoisotopic (exact) mass is 290 g/mol. The Balaban J connectivity index is 1.80. The summed E-state index contributed by atoms with van der Waals surface area (Å²) < 4.78 is 5.37. The van der Waals surface area contributed by atoms with Crippen LogP contribution in [0.15, 0.2) is 18.2 Å². The van der Waals surface area contributed by atoms with E-state index in [1.165, 1.54) is 16.7 Å². The fourth-order valence-electron chi connectivity index (χ4n) is 2.90. The van der Waals surface area contributed by atoms with E-state index >= 15 is 0 Å². The van der Waals surface area contributed by atoms with E-state index in [0.717, 1.165) is 19.6 Å². The molecule has 116 valence electrons. The van der Waals surface area contributed by atoms with Gasteiger partial charge in [-0.25, -0.2) is 0 Å². The van der Waals surface area contributed by atoms with Gasteiger partial charge in [-0.1, -0.05) is 29.3 Å². The molecule has 2 rings (SSSR count). The lowest BCUT2D eigenvalue weighted by Gasteiger charge is -2.24. The highest BCUT2D eigenvalue weighted by atomic mass is 16.5. The molecular weight excluding hydrogens is 264 g/mol. The Morgan fingerprint density at radius 1 is 1.38 bits per heavy atom. The third kappa shape index (κ3) is 5.48. The number of amides is 1. The lowest BCUT2D eigenvalue weighted by atomic mass is 10.0. The largest absolute Gasteiger partial charge is 0.378 e. The molecule has 4 heteroatoms. The average Bonchev–Trinajstić information content (AvgIpc) is 2.37. The van der Waals surface area contributed by atoms with Gasteiger partial charge in [0, 0.05) is 25.0 Å². The lowest BCUT2D eigenvalue weighted by Crippen LogP contribution is -2.45. The summed E-state index contributed by atoms with van der Waals surface area (Å²) in [5, 5.41) is 6.38. The number of hydrogen-bond acceptors (Lipinski definition) is 3. The Kier molecular flexibility index (Phi) is 5.76.